The van der Waals surface area contributed by atoms with Gasteiger partial charge in [-0.3, -0.25) is 0 Å². The van der Waals surface area contributed by atoms with Gasteiger partial charge < -0.3 is 11.5 Å². The zero-order valence-corrected chi connectivity index (χ0v) is 13.3. The van der Waals surface area contributed by atoms with E-state index in [2.05, 4.69) is 4.99 Å². The second kappa shape index (κ2) is 6.90. The Labute approximate surface area is 124 Å². The quantitative estimate of drug-likeness (QED) is 0.444. The Morgan fingerprint density at radius 3 is 2.33 bits per heavy atom. The van der Waals surface area contributed by atoms with E-state index in [0.29, 0.717) is 5.56 Å². The Bertz CT molecular complexity index is 524. The molecule has 0 aromatic heterocycles. The van der Waals surface area contributed by atoms with Crippen molar-refractivity contribution >= 4 is 40.0 Å². The number of hydrogen-bond donors (Lipinski definition) is 2. The maximum atomic E-state index is 12.0. The lowest BCUT2D eigenvalue weighted by Crippen LogP contribution is -2.24. The lowest BCUT2D eigenvalue weighted by Gasteiger charge is -2.14. The van der Waals surface area contributed by atoms with Crippen LogP contribution in [0.4, 0.5) is 0 Å². The van der Waals surface area contributed by atoms with Gasteiger partial charge in [-0.05, 0) is 11.6 Å². The molecule has 0 aliphatic rings. The smallest absolute Gasteiger partial charge is 0.242 e. The zero-order chi connectivity index (χ0) is 13.1. The predicted octanol–water partition coefficient (Wildman–Crippen LogP) is 0.328. The van der Waals surface area contributed by atoms with E-state index in [-0.39, 0.29) is 41.4 Å². The molecule has 0 saturated heterocycles. The average Bonchev–Trinajstić information content (AvgIpc) is 2.26. The summed E-state index contributed by atoms with van der Waals surface area (Å²) in [5.74, 6) is -0.0675. The summed E-state index contributed by atoms with van der Waals surface area (Å²) in [6.45, 7) is 0.144. The molecule has 102 valence electrons. The Morgan fingerprint density at radius 1 is 1.28 bits per heavy atom. The first-order valence-corrected chi connectivity index (χ1v) is 6.35. The molecule has 8 heteroatoms. The number of rotatable bonds is 4. The molecule has 1 rings (SSSR count). The summed E-state index contributed by atoms with van der Waals surface area (Å²) in [5.41, 5.74) is 11.0. The summed E-state index contributed by atoms with van der Waals surface area (Å²) in [4.78, 5) is 4.04. The molecule has 0 atom stereocenters. The van der Waals surface area contributed by atoms with Gasteiger partial charge in [0, 0.05) is 14.1 Å². The van der Waals surface area contributed by atoms with Crippen molar-refractivity contribution in [3.8, 4) is 0 Å². The van der Waals surface area contributed by atoms with Crippen LogP contribution < -0.4 is 11.5 Å². The fraction of sp³-hybridized carbons (Fsp3) is 0.300. The molecule has 0 heterocycles. The molecule has 18 heavy (non-hydrogen) atoms. The van der Waals surface area contributed by atoms with Gasteiger partial charge in [-0.15, -0.1) is 24.0 Å². The van der Waals surface area contributed by atoms with Crippen molar-refractivity contribution in [1.82, 2.24) is 4.31 Å². The third-order valence-corrected chi connectivity index (χ3v) is 4.08. The highest BCUT2D eigenvalue weighted by Gasteiger charge is 2.20. The lowest BCUT2D eigenvalue weighted by atomic mass is 10.2. The van der Waals surface area contributed by atoms with Gasteiger partial charge in [0.2, 0.25) is 10.0 Å². The standard InChI is InChI=1S/C10H16N4O2S.HI/c1-14(2)17(15,16)9-6-4-3-5-8(9)7-13-10(11)12;/h3-6H,7H2,1-2H3,(H4,11,12,13);1H. The molecular weight excluding hydrogens is 367 g/mol. The van der Waals surface area contributed by atoms with Crippen molar-refractivity contribution in [3.05, 3.63) is 29.8 Å². The molecule has 1 aromatic rings. The molecule has 6 nitrogen and oxygen atoms in total. The van der Waals surface area contributed by atoms with Gasteiger partial charge in [0.1, 0.15) is 0 Å². The van der Waals surface area contributed by atoms with E-state index in [0.717, 1.165) is 4.31 Å². The van der Waals surface area contributed by atoms with Crippen molar-refractivity contribution < 1.29 is 8.42 Å². The van der Waals surface area contributed by atoms with Crippen molar-refractivity contribution in [1.29, 1.82) is 0 Å². The maximum Gasteiger partial charge on any atom is 0.242 e. The molecule has 0 fully saturated rings. The van der Waals surface area contributed by atoms with Gasteiger partial charge in [0.25, 0.3) is 0 Å². The summed E-state index contributed by atoms with van der Waals surface area (Å²) >= 11 is 0. The van der Waals surface area contributed by atoms with E-state index in [9.17, 15) is 8.42 Å². The maximum absolute atomic E-state index is 12.0. The fourth-order valence-electron chi connectivity index (χ4n) is 1.26. The molecule has 0 radical (unpaired) electrons. The molecule has 0 aliphatic carbocycles. The number of sulfonamides is 1. The van der Waals surface area contributed by atoms with Gasteiger partial charge in [0.05, 0.1) is 11.4 Å². The van der Waals surface area contributed by atoms with E-state index in [1.165, 1.54) is 20.2 Å². The first kappa shape index (κ1) is 17.1. The molecule has 0 unspecified atom stereocenters. The Morgan fingerprint density at radius 2 is 1.83 bits per heavy atom. The normalized spacial score (nSPS) is 10.8. The number of guanidine groups is 1. The van der Waals surface area contributed by atoms with Gasteiger partial charge in [-0.2, -0.15) is 0 Å². The van der Waals surface area contributed by atoms with Crippen LogP contribution in [0.25, 0.3) is 0 Å². The number of benzene rings is 1. The molecule has 0 bridgehead atoms. The topological polar surface area (TPSA) is 102 Å². The number of aliphatic imine (C=N–C) groups is 1. The van der Waals surface area contributed by atoms with Crippen LogP contribution in [-0.2, 0) is 16.6 Å². The third-order valence-electron chi connectivity index (χ3n) is 2.16. The minimum absolute atomic E-state index is 0. The van der Waals surface area contributed by atoms with E-state index in [1.54, 1.807) is 18.2 Å². The first-order valence-electron chi connectivity index (χ1n) is 4.91. The SMILES string of the molecule is CN(C)S(=O)(=O)c1ccccc1CN=C(N)N.I. The zero-order valence-electron chi connectivity index (χ0n) is 10.2. The largest absolute Gasteiger partial charge is 0.370 e. The third kappa shape index (κ3) is 4.10. The highest BCUT2D eigenvalue weighted by atomic mass is 127. The van der Waals surface area contributed by atoms with Crippen LogP contribution >= 0.6 is 24.0 Å². The van der Waals surface area contributed by atoms with Crippen molar-refractivity contribution in [2.24, 2.45) is 16.5 Å². The van der Waals surface area contributed by atoms with Gasteiger partial charge in [-0.25, -0.2) is 17.7 Å². The number of nitrogens with zero attached hydrogens (tertiary/aromatic N) is 2. The molecule has 0 saturated carbocycles. The summed E-state index contributed by atoms with van der Waals surface area (Å²) in [6, 6.07) is 6.62. The summed E-state index contributed by atoms with van der Waals surface area (Å²) in [6.07, 6.45) is 0. The van der Waals surface area contributed by atoms with E-state index in [1.807, 2.05) is 0 Å². The molecule has 4 N–H and O–H groups in total. The first-order chi connectivity index (χ1) is 7.85. The van der Waals surface area contributed by atoms with Crippen LogP contribution in [0.5, 0.6) is 0 Å². The number of halogens is 1. The number of nitrogens with two attached hydrogens (primary N) is 2. The monoisotopic (exact) mass is 384 g/mol. The number of hydrogen-bond acceptors (Lipinski definition) is 3. The van der Waals surface area contributed by atoms with Crippen molar-refractivity contribution in [2.45, 2.75) is 11.4 Å². The van der Waals surface area contributed by atoms with Crippen LogP contribution in [0.1, 0.15) is 5.56 Å². The molecule has 1 aromatic carbocycles. The van der Waals surface area contributed by atoms with Crippen LogP contribution in [0.2, 0.25) is 0 Å². The van der Waals surface area contributed by atoms with Crippen LogP contribution in [0, 0.1) is 0 Å². The summed E-state index contributed by atoms with van der Waals surface area (Å²) < 4.78 is 25.2. The molecule has 0 aliphatic heterocycles. The van der Waals surface area contributed by atoms with Gasteiger partial charge in [0.15, 0.2) is 5.96 Å². The fourth-order valence-corrected chi connectivity index (χ4v) is 2.37. The molecule has 0 amide bonds. The van der Waals surface area contributed by atoms with E-state index >= 15 is 0 Å². The van der Waals surface area contributed by atoms with Crippen molar-refractivity contribution in [2.75, 3.05) is 14.1 Å². The Hall–Kier alpha value is -0.870. The van der Waals surface area contributed by atoms with Crippen LogP contribution in [0.3, 0.4) is 0 Å². The minimum atomic E-state index is -3.47. The second-order valence-electron chi connectivity index (χ2n) is 3.64. The second-order valence-corrected chi connectivity index (χ2v) is 5.76. The van der Waals surface area contributed by atoms with E-state index < -0.39 is 10.0 Å². The average molecular weight is 384 g/mol. The van der Waals surface area contributed by atoms with Crippen molar-refractivity contribution in [3.63, 3.8) is 0 Å². The van der Waals surface area contributed by atoms with E-state index in [4.69, 9.17) is 11.5 Å². The summed E-state index contributed by atoms with van der Waals surface area (Å²) in [5, 5.41) is 0. The van der Waals surface area contributed by atoms with Crippen LogP contribution in [-0.4, -0.2) is 32.8 Å². The Kier molecular flexibility index (Phi) is 6.57. The minimum Gasteiger partial charge on any atom is -0.370 e. The molecule has 0 spiro atoms. The predicted molar refractivity (Wildman–Crippen MR) is 82.2 cm³/mol. The van der Waals surface area contributed by atoms with Crippen LogP contribution in [0.15, 0.2) is 34.2 Å². The Balaban J connectivity index is 0.00000289. The lowest BCUT2D eigenvalue weighted by molar-refractivity contribution is 0.519. The highest BCUT2D eigenvalue weighted by molar-refractivity contribution is 14.0. The highest BCUT2D eigenvalue weighted by Crippen LogP contribution is 2.18. The van der Waals surface area contributed by atoms with Gasteiger partial charge >= 0.3 is 0 Å². The summed E-state index contributed by atoms with van der Waals surface area (Å²) in [7, 11) is -0.515. The molecular formula is C10H17IN4O2S. The van der Waals surface area contributed by atoms with Gasteiger partial charge in [-0.1, -0.05) is 18.2 Å².